The van der Waals surface area contributed by atoms with Crippen LogP contribution in [0.5, 0.6) is 5.75 Å². The maximum atomic E-state index is 11.9. The second-order valence-electron chi connectivity index (χ2n) is 5.39. The molecule has 2 heterocycles. The Morgan fingerprint density at radius 3 is 2.62 bits per heavy atom. The van der Waals surface area contributed by atoms with E-state index in [1.54, 1.807) is 13.8 Å². The van der Waals surface area contributed by atoms with Crippen LogP contribution in [0.25, 0.3) is 12.2 Å². The van der Waals surface area contributed by atoms with Crippen molar-refractivity contribution in [1.82, 2.24) is 4.98 Å². The number of hydrogen-bond acceptors (Lipinski definition) is 3. The molecule has 0 fully saturated rings. The van der Waals surface area contributed by atoms with Crippen LogP contribution in [-0.4, -0.2) is 16.5 Å². The van der Waals surface area contributed by atoms with Gasteiger partial charge in [0.05, 0.1) is 5.69 Å². The van der Waals surface area contributed by atoms with Crippen LogP contribution in [0.2, 0.25) is 0 Å². The molecule has 1 aromatic heterocycles. The number of anilines is 1. The molecule has 0 radical (unpaired) electrons. The number of nitrogens with one attached hydrogen (secondary N) is 1. The van der Waals surface area contributed by atoms with Crippen LogP contribution in [-0.2, 0) is 4.79 Å². The average Bonchev–Trinajstić information content (AvgIpc) is 2.47. The molecule has 1 aliphatic heterocycles. The first-order valence-corrected chi connectivity index (χ1v) is 6.79. The number of hydrogen-bond donors (Lipinski definition) is 1. The van der Waals surface area contributed by atoms with E-state index in [-0.39, 0.29) is 5.91 Å². The lowest BCUT2D eigenvalue weighted by molar-refractivity contribution is -0.129. The second kappa shape index (κ2) is 5.05. The predicted octanol–water partition coefficient (Wildman–Crippen LogP) is 3.36. The van der Waals surface area contributed by atoms with Gasteiger partial charge in [0.2, 0.25) is 0 Å². The van der Waals surface area contributed by atoms with Gasteiger partial charge in [0.15, 0.2) is 17.2 Å². The fourth-order valence-electron chi connectivity index (χ4n) is 2.05. The molecule has 3 rings (SSSR count). The summed E-state index contributed by atoms with van der Waals surface area (Å²) in [5.41, 5.74) is 0.996. The van der Waals surface area contributed by atoms with Crippen molar-refractivity contribution in [3.05, 3.63) is 53.7 Å². The Morgan fingerprint density at radius 2 is 1.86 bits per heavy atom. The third-order valence-corrected chi connectivity index (χ3v) is 3.27. The molecule has 1 amide bonds. The monoisotopic (exact) mass is 280 g/mol. The van der Waals surface area contributed by atoms with Gasteiger partial charge in [0.25, 0.3) is 5.91 Å². The van der Waals surface area contributed by atoms with Gasteiger partial charge in [-0.3, -0.25) is 4.79 Å². The predicted molar refractivity (Wildman–Crippen MR) is 82.9 cm³/mol. The summed E-state index contributed by atoms with van der Waals surface area (Å²) in [5, 5.41) is 2.78. The maximum absolute atomic E-state index is 11.9. The van der Waals surface area contributed by atoms with Crippen LogP contribution in [0.15, 0.2) is 42.5 Å². The van der Waals surface area contributed by atoms with Gasteiger partial charge in [0.1, 0.15) is 0 Å². The number of pyridine rings is 1. The third-order valence-electron chi connectivity index (χ3n) is 3.27. The van der Waals surface area contributed by atoms with E-state index in [0.717, 1.165) is 11.3 Å². The van der Waals surface area contributed by atoms with Crippen molar-refractivity contribution in [2.45, 2.75) is 19.4 Å². The van der Waals surface area contributed by atoms with Crippen molar-refractivity contribution in [1.29, 1.82) is 0 Å². The fraction of sp³-hybridized carbons (Fsp3) is 0.176. The lowest BCUT2D eigenvalue weighted by Crippen LogP contribution is -2.46. The number of carbonyl (C=O) groups excluding carboxylic acids is 1. The Bertz CT molecular complexity index is 706. The summed E-state index contributed by atoms with van der Waals surface area (Å²) < 4.78 is 5.65. The average molecular weight is 280 g/mol. The SMILES string of the molecule is CC1(C)Oc2ccc(C=Cc3ccccc3)nc2NC1=O. The van der Waals surface area contributed by atoms with Gasteiger partial charge in [0, 0.05) is 0 Å². The van der Waals surface area contributed by atoms with Gasteiger partial charge >= 0.3 is 0 Å². The zero-order valence-corrected chi connectivity index (χ0v) is 12.0. The fourth-order valence-corrected chi connectivity index (χ4v) is 2.05. The minimum atomic E-state index is -0.865. The van der Waals surface area contributed by atoms with E-state index in [4.69, 9.17) is 4.74 Å². The molecule has 0 atom stereocenters. The lowest BCUT2D eigenvalue weighted by atomic mass is 10.1. The first kappa shape index (κ1) is 13.4. The zero-order valence-electron chi connectivity index (χ0n) is 12.0. The number of fused-ring (bicyclic) bond motifs is 1. The quantitative estimate of drug-likeness (QED) is 0.917. The molecule has 0 bridgehead atoms. The molecule has 0 spiro atoms. The van der Waals surface area contributed by atoms with Crippen LogP contribution in [0.4, 0.5) is 5.82 Å². The maximum Gasteiger partial charge on any atom is 0.269 e. The van der Waals surface area contributed by atoms with Crippen molar-refractivity contribution in [2.24, 2.45) is 0 Å². The summed E-state index contributed by atoms with van der Waals surface area (Å²) in [7, 11) is 0. The number of nitrogens with zero attached hydrogens (tertiary/aromatic N) is 1. The molecule has 2 aromatic rings. The highest BCUT2D eigenvalue weighted by Gasteiger charge is 2.35. The van der Waals surface area contributed by atoms with E-state index in [1.165, 1.54) is 0 Å². The van der Waals surface area contributed by atoms with Gasteiger partial charge in [-0.05, 0) is 37.6 Å². The van der Waals surface area contributed by atoms with Crippen LogP contribution in [0.1, 0.15) is 25.1 Å². The van der Waals surface area contributed by atoms with Crippen LogP contribution in [0.3, 0.4) is 0 Å². The Kier molecular flexibility index (Phi) is 3.22. The van der Waals surface area contributed by atoms with Gasteiger partial charge in [-0.15, -0.1) is 0 Å². The van der Waals surface area contributed by atoms with E-state index >= 15 is 0 Å². The molecule has 4 heteroatoms. The van der Waals surface area contributed by atoms with E-state index in [0.29, 0.717) is 11.6 Å². The molecule has 4 nitrogen and oxygen atoms in total. The van der Waals surface area contributed by atoms with Crippen molar-refractivity contribution in [3.8, 4) is 5.75 Å². The molecule has 106 valence electrons. The normalized spacial score (nSPS) is 16.2. The molecule has 0 saturated heterocycles. The number of carbonyl (C=O) groups is 1. The molecule has 1 aromatic carbocycles. The Hall–Kier alpha value is -2.62. The van der Waals surface area contributed by atoms with Gasteiger partial charge in [-0.2, -0.15) is 0 Å². The molecule has 0 aliphatic carbocycles. The molecular weight excluding hydrogens is 264 g/mol. The van der Waals surface area contributed by atoms with E-state index in [9.17, 15) is 4.79 Å². The highest BCUT2D eigenvalue weighted by atomic mass is 16.5. The molecule has 1 aliphatic rings. The lowest BCUT2D eigenvalue weighted by Gasteiger charge is -2.30. The van der Waals surface area contributed by atoms with E-state index in [1.807, 2.05) is 54.6 Å². The van der Waals surface area contributed by atoms with Crippen LogP contribution in [0, 0.1) is 0 Å². The number of rotatable bonds is 2. The van der Waals surface area contributed by atoms with E-state index in [2.05, 4.69) is 10.3 Å². The van der Waals surface area contributed by atoms with Crippen molar-refractivity contribution < 1.29 is 9.53 Å². The number of benzene rings is 1. The number of ether oxygens (including phenoxy) is 1. The Morgan fingerprint density at radius 1 is 1.10 bits per heavy atom. The molecule has 1 N–H and O–H groups in total. The van der Waals surface area contributed by atoms with Crippen LogP contribution >= 0.6 is 0 Å². The summed E-state index contributed by atoms with van der Waals surface area (Å²) in [6.07, 6.45) is 3.88. The molecular formula is C17H16N2O2. The largest absolute Gasteiger partial charge is 0.474 e. The van der Waals surface area contributed by atoms with Crippen LogP contribution < -0.4 is 10.1 Å². The zero-order chi connectivity index (χ0) is 14.9. The topological polar surface area (TPSA) is 51.2 Å². The van der Waals surface area contributed by atoms with Gasteiger partial charge < -0.3 is 10.1 Å². The van der Waals surface area contributed by atoms with Crippen molar-refractivity contribution in [3.63, 3.8) is 0 Å². The van der Waals surface area contributed by atoms with Gasteiger partial charge in [-0.25, -0.2) is 4.98 Å². The van der Waals surface area contributed by atoms with Crippen molar-refractivity contribution >= 4 is 23.9 Å². The second-order valence-corrected chi connectivity index (χ2v) is 5.39. The summed E-state index contributed by atoms with van der Waals surface area (Å²) in [5.74, 6) is 0.873. The summed E-state index contributed by atoms with van der Waals surface area (Å²) in [6.45, 7) is 3.46. The third kappa shape index (κ3) is 2.79. The number of amides is 1. The Balaban J connectivity index is 1.86. The smallest absolute Gasteiger partial charge is 0.269 e. The molecule has 21 heavy (non-hydrogen) atoms. The van der Waals surface area contributed by atoms with Crippen molar-refractivity contribution in [2.75, 3.05) is 5.32 Å². The first-order valence-electron chi connectivity index (χ1n) is 6.79. The highest BCUT2D eigenvalue weighted by Crippen LogP contribution is 2.32. The minimum absolute atomic E-state index is 0.188. The van der Waals surface area contributed by atoms with Gasteiger partial charge in [-0.1, -0.05) is 36.4 Å². The molecule has 0 unspecified atom stereocenters. The minimum Gasteiger partial charge on any atom is -0.474 e. The summed E-state index contributed by atoms with van der Waals surface area (Å²) in [6, 6.07) is 13.7. The summed E-state index contributed by atoms with van der Waals surface area (Å²) in [4.78, 5) is 16.3. The van der Waals surface area contributed by atoms with E-state index < -0.39 is 5.60 Å². The highest BCUT2D eigenvalue weighted by molar-refractivity contribution is 5.99. The summed E-state index contributed by atoms with van der Waals surface area (Å²) >= 11 is 0. The Labute approximate surface area is 123 Å². The molecule has 0 saturated carbocycles. The number of aromatic nitrogens is 1. The first-order chi connectivity index (χ1) is 10.0. The standard InChI is InChI=1S/C17H16N2O2/c1-17(2)16(20)19-15-14(21-17)11-10-13(18-15)9-8-12-6-4-3-5-7-12/h3-11H,1-2H3,(H,18,19,20).